The number of carbonyl (C=O) groups is 1. The second-order valence-corrected chi connectivity index (χ2v) is 7.08. The lowest BCUT2D eigenvalue weighted by molar-refractivity contribution is -0.118. The van der Waals surface area contributed by atoms with Crippen LogP contribution in [-0.4, -0.2) is 25.6 Å². The van der Waals surface area contributed by atoms with Gasteiger partial charge >= 0.3 is 0 Å². The van der Waals surface area contributed by atoms with Crippen LogP contribution in [0.4, 0.5) is 15.8 Å². The summed E-state index contributed by atoms with van der Waals surface area (Å²) in [6.45, 7) is 5.99. The molecule has 144 valence electrons. The number of benzene rings is 2. The second-order valence-electron chi connectivity index (χ2n) is 7.08. The highest BCUT2D eigenvalue weighted by Gasteiger charge is 2.15. The molecule has 1 atom stereocenters. The molecule has 1 saturated heterocycles. The number of rotatable bonds is 7. The molecule has 0 saturated carbocycles. The fraction of sp³-hybridized carbons (Fsp3) is 0.409. The van der Waals surface area contributed by atoms with Crippen molar-refractivity contribution >= 4 is 17.3 Å². The molecule has 3 rings (SSSR count). The Labute approximate surface area is 160 Å². The van der Waals surface area contributed by atoms with E-state index in [2.05, 4.69) is 24.1 Å². The number of carbonyl (C=O) groups excluding carboxylic acids is 1. The summed E-state index contributed by atoms with van der Waals surface area (Å²) >= 11 is 0. The molecule has 0 bridgehead atoms. The Morgan fingerprint density at radius 2 is 1.96 bits per heavy atom. The Hall–Kier alpha value is -2.56. The molecule has 4 nitrogen and oxygen atoms in total. The van der Waals surface area contributed by atoms with Crippen molar-refractivity contribution in [2.24, 2.45) is 0 Å². The van der Waals surface area contributed by atoms with E-state index in [0.29, 0.717) is 11.6 Å². The lowest BCUT2D eigenvalue weighted by Crippen LogP contribution is -2.22. The van der Waals surface area contributed by atoms with E-state index in [1.807, 2.05) is 30.3 Å². The zero-order valence-corrected chi connectivity index (χ0v) is 16.0. The molecule has 2 aromatic rings. The van der Waals surface area contributed by atoms with Crippen molar-refractivity contribution in [1.82, 2.24) is 0 Å². The van der Waals surface area contributed by atoms with E-state index in [-0.39, 0.29) is 18.3 Å². The molecule has 1 aliphatic rings. The summed E-state index contributed by atoms with van der Waals surface area (Å²) < 4.78 is 19.7. The van der Waals surface area contributed by atoms with Gasteiger partial charge in [0.1, 0.15) is 11.6 Å². The average Bonchev–Trinajstić information content (AvgIpc) is 3.20. The largest absolute Gasteiger partial charge is 0.483 e. The summed E-state index contributed by atoms with van der Waals surface area (Å²) in [6.07, 6.45) is 3.22. The van der Waals surface area contributed by atoms with E-state index >= 15 is 0 Å². The van der Waals surface area contributed by atoms with Gasteiger partial charge in [0.25, 0.3) is 5.91 Å². The van der Waals surface area contributed by atoms with Gasteiger partial charge in [-0.15, -0.1) is 0 Å². The highest BCUT2D eigenvalue weighted by Crippen LogP contribution is 2.28. The third kappa shape index (κ3) is 5.00. The van der Waals surface area contributed by atoms with Crippen LogP contribution < -0.4 is 15.0 Å². The normalized spacial score (nSPS) is 14.9. The first-order valence-corrected chi connectivity index (χ1v) is 9.64. The van der Waals surface area contributed by atoms with E-state index in [9.17, 15) is 9.18 Å². The van der Waals surface area contributed by atoms with Crippen LogP contribution in [0.2, 0.25) is 0 Å². The minimum absolute atomic E-state index is 0.108. The predicted octanol–water partition coefficient (Wildman–Crippen LogP) is 4.96. The third-order valence-electron chi connectivity index (χ3n) is 5.06. The summed E-state index contributed by atoms with van der Waals surface area (Å²) in [5.74, 6) is 0.430. The van der Waals surface area contributed by atoms with Gasteiger partial charge in [-0.25, -0.2) is 4.39 Å². The van der Waals surface area contributed by atoms with Gasteiger partial charge in [-0.2, -0.15) is 0 Å². The molecule has 1 heterocycles. The van der Waals surface area contributed by atoms with Crippen molar-refractivity contribution in [1.29, 1.82) is 0 Å². The van der Waals surface area contributed by atoms with E-state index in [1.54, 1.807) is 0 Å². The van der Waals surface area contributed by atoms with Crippen LogP contribution in [0.5, 0.6) is 5.75 Å². The lowest BCUT2D eigenvalue weighted by Gasteiger charge is -2.19. The molecule has 27 heavy (non-hydrogen) atoms. The van der Waals surface area contributed by atoms with Gasteiger partial charge in [0.2, 0.25) is 0 Å². The molecule has 0 spiro atoms. The zero-order valence-electron chi connectivity index (χ0n) is 16.0. The molecular formula is C22H27FN2O2. The van der Waals surface area contributed by atoms with Crippen LogP contribution in [-0.2, 0) is 4.79 Å². The fourth-order valence-corrected chi connectivity index (χ4v) is 3.38. The van der Waals surface area contributed by atoms with E-state index in [1.165, 1.54) is 12.1 Å². The Bertz CT molecular complexity index is 788. The van der Waals surface area contributed by atoms with Gasteiger partial charge in [-0.3, -0.25) is 4.79 Å². The van der Waals surface area contributed by atoms with E-state index in [0.717, 1.165) is 49.4 Å². The van der Waals surface area contributed by atoms with Gasteiger partial charge in [0, 0.05) is 24.5 Å². The number of halogens is 1. The number of hydrogen-bond donors (Lipinski definition) is 1. The minimum Gasteiger partial charge on any atom is -0.483 e. The number of nitrogens with one attached hydrogen (secondary N) is 1. The first kappa shape index (κ1) is 19.2. The monoisotopic (exact) mass is 370 g/mol. The number of ether oxygens (including phenoxy) is 1. The fourth-order valence-electron chi connectivity index (χ4n) is 3.38. The van der Waals surface area contributed by atoms with Gasteiger partial charge in [0.05, 0.1) is 0 Å². The molecule has 0 aliphatic carbocycles. The Balaban J connectivity index is 1.63. The van der Waals surface area contributed by atoms with Crippen molar-refractivity contribution in [2.75, 3.05) is 29.9 Å². The van der Waals surface area contributed by atoms with Gasteiger partial charge in [-0.05, 0) is 55.0 Å². The van der Waals surface area contributed by atoms with Gasteiger partial charge in [0.15, 0.2) is 6.61 Å². The van der Waals surface area contributed by atoms with E-state index < -0.39 is 0 Å². The summed E-state index contributed by atoms with van der Waals surface area (Å²) in [7, 11) is 0. The van der Waals surface area contributed by atoms with Crippen molar-refractivity contribution in [3.8, 4) is 5.75 Å². The summed E-state index contributed by atoms with van der Waals surface area (Å²) in [5.41, 5.74) is 2.36. The molecule has 1 N–H and O–H groups in total. The maximum Gasteiger partial charge on any atom is 0.262 e. The molecule has 5 heteroatoms. The molecule has 1 amide bonds. The summed E-state index contributed by atoms with van der Waals surface area (Å²) in [4.78, 5) is 14.4. The quantitative estimate of drug-likeness (QED) is 0.749. The number of para-hydroxylation sites is 1. The Morgan fingerprint density at radius 1 is 1.22 bits per heavy atom. The van der Waals surface area contributed by atoms with Crippen molar-refractivity contribution in [3.05, 3.63) is 53.8 Å². The molecule has 1 aliphatic heterocycles. The topological polar surface area (TPSA) is 41.6 Å². The number of hydrogen-bond acceptors (Lipinski definition) is 3. The van der Waals surface area contributed by atoms with Crippen molar-refractivity contribution < 1.29 is 13.9 Å². The first-order valence-electron chi connectivity index (χ1n) is 9.64. The van der Waals surface area contributed by atoms with Crippen LogP contribution in [0.25, 0.3) is 0 Å². The SMILES string of the molecule is CCC(C)c1ccccc1OCC(=O)Nc1cc(F)cc(N2CCCC2)c1. The van der Waals surface area contributed by atoms with Crippen LogP contribution in [0, 0.1) is 5.82 Å². The third-order valence-corrected chi connectivity index (χ3v) is 5.06. The lowest BCUT2D eigenvalue weighted by atomic mass is 9.98. The number of amides is 1. The Kier molecular flexibility index (Phi) is 6.32. The standard InChI is InChI=1S/C22H27FN2O2/c1-3-16(2)20-8-4-5-9-21(20)27-15-22(26)24-18-12-17(23)13-19(14-18)25-10-6-7-11-25/h4-5,8-9,12-14,16H,3,6-7,10-11,15H2,1-2H3,(H,24,26). The summed E-state index contributed by atoms with van der Waals surface area (Å²) in [5, 5.41) is 2.75. The molecule has 0 radical (unpaired) electrons. The minimum atomic E-state index is -0.349. The molecule has 0 aromatic heterocycles. The maximum atomic E-state index is 14.0. The molecule has 1 unspecified atom stereocenters. The molecule has 1 fully saturated rings. The van der Waals surface area contributed by atoms with Gasteiger partial charge < -0.3 is 15.0 Å². The molecular weight excluding hydrogens is 343 g/mol. The van der Waals surface area contributed by atoms with E-state index in [4.69, 9.17) is 4.74 Å². The Morgan fingerprint density at radius 3 is 2.70 bits per heavy atom. The highest BCUT2D eigenvalue weighted by molar-refractivity contribution is 5.92. The first-order chi connectivity index (χ1) is 13.1. The zero-order chi connectivity index (χ0) is 19.2. The van der Waals surface area contributed by atoms with Crippen LogP contribution in [0.15, 0.2) is 42.5 Å². The van der Waals surface area contributed by atoms with Crippen molar-refractivity contribution in [2.45, 2.75) is 39.0 Å². The van der Waals surface area contributed by atoms with Crippen LogP contribution >= 0.6 is 0 Å². The smallest absolute Gasteiger partial charge is 0.262 e. The maximum absolute atomic E-state index is 14.0. The van der Waals surface area contributed by atoms with Crippen molar-refractivity contribution in [3.63, 3.8) is 0 Å². The predicted molar refractivity (Wildman–Crippen MR) is 107 cm³/mol. The summed E-state index contributed by atoms with van der Waals surface area (Å²) in [6, 6.07) is 12.4. The van der Waals surface area contributed by atoms with Crippen LogP contribution in [0.1, 0.15) is 44.6 Å². The second kappa shape index (κ2) is 8.89. The number of anilines is 2. The average molecular weight is 370 g/mol. The van der Waals surface area contributed by atoms with Gasteiger partial charge in [-0.1, -0.05) is 32.0 Å². The molecule has 2 aromatic carbocycles. The van der Waals surface area contributed by atoms with Crippen LogP contribution in [0.3, 0.4) is 0 Å². The highest BCUT2D eigenvalue weighted by atomic mass is 19.1. The number of nitrogens with zero attached hydrogens (tertiary/aromatic N) is 1.